The molecule has 2 aliphatic rings. The van der Waals surface area contributed by atoms with E-state index in [1.807, 2.05) is 36.4 Å². The number of benzene rings is 8. The first kappa shape index (κ1) is 31.7. The van der Waals surface area contributed by atoms with Crippen LogP contribution in [-0.2, 0) is 5.41 Å². The highest BCUT2D eigenvalue weighted by atomic mass is 16.5. The third-order valence-corrected chi connectivity index (χ3v) is 11.7. The highest BCUT2D eigenvalue weighted by Crippen LogP contribution is 2.63. The summed E-state index contributed by atoms with van der Waals surface area (Å²) in [6, 6.07) is 68.2. The summed E-state index contributed by atoms with van der Waals surface area (Å²) in [5.74, 6) is 3.66. The maximum absolute atomic E-state index is 6.65. The van der Waals surface area contributed by atoms with Gasteiger partial charge in [-0.3, -0.25) is 0 Å². The van der Waals surface area contributed by atoms with Crippen molar-refractivity contribution in [1.29, 1.82) is 0 Å². The van der Waals surface area contributed by atoms with Gasteiger partial charge in [-0.1, -0.05) is 164 Å². The molecule has 3 heterocycles. The Morgan fingerprint density at radius 3 is 1.58 bits per heavy atom. The van der Waals surface area contributed by atoms with Gasteiger partial charge in [0.1, 0.15) is 11.5 Å². The Kier molecular flexibility index (Phi) is 6.78. The van der Waals surface area contributed by atoms with E-state index in [0.717, 1.165) is 66.8 Å². The Labute approximate surface area is 329 Å². The number of rotatable bonds is 4. The van der Waals surface area contributed by atoms with E-state index >= 15 is 0 Å². The van der Waals surface area contributed by atoms with Gasteiger partial charge in [0, 0.05) is 49.8 Å². The third-order valence-electron chi connectivity index (χ3n) is 11.7. The Balaban J connectivity index is 1.22. The number of fused-ring (bicyclic) bond motifs is 13. The molecule has 1 aliphatic heterocycles. The van der Waals surface area contributed by atoms with Crippen molar-refractivity contribution in [1.82, 2.24) is 19.5 Å². The van der Waals surface area contributed by atoms with Crippen molar-refractivity contribution in [3.05, 3.63) is 216 Å². The largest absolute Gasteiger partial charge is 0.457 e. The van der Waals surface area contributed by atoms with Crippen LogP contribution in [0.4, 0.5) is 0 Å². The van der Waals surface area contributed by atoms with Gasteiger partial charge < -0.3 is 9.30 Å². The highest BCUT2D eigenvalue weighted by Gasteiger charge is 2.51. The van der Waals surface area contributed by atoms with Gasteiger partial charge in [0.2, 0.25) is 0 Å². The van der Waals surface area contributed by atoms with E-state index in [1.54, 1.807) is 0 Å². The minimum absolute atomic E-state index is 0.588. The molecular formula is C52H32N4O. The third kappa shape index (κ3) is 4.48. The zero-order valence-corrected chi connectivity index (χ0v) is 30.7. The van der Waals surface area contributed by atoms with Crippen LogP contribution in [0.25, 0.3) is 72.8 Å². The summed E-state index contributed by atoms with van der Waals surface area (Å²) >= 11 is 0. The van der Waals surface area contributed by atoms with Crippen molar-refractivity contribution < 1.29 is 4.74 Å². The molecule has 0 radical (unpaired) electrons. The summed E-state index contributed by atoms with van der Waals surface area (Å²) < 4.78 is 9.09. The molecule has 0 amide bonds. The summed E-state index contributed by atoms with van der Waals surface area (Å²) in [5, 5.41) is 2.22. The molecule has 0 N–H and O–H groups in total. The van der Waals surface area contributed by atoms with Crippen molar-refractivity contribution in [3.8, 4) is 62.5 Å². The van der Waals surface area contributed by atoms with E-state index in [1.165, 1.54) is 22.3 Å². The molecule has 0 fully saturated rings. The number of ether oxygens (including phenoxy) is 1. The van der Waals surface area contributed by atoms with E-state index in [2.05, 4.69) is 162 Å². The number of aromatic nitrogens is 4. The van der Waals surface area contributed by atoms with Gasteiger partial charge in [0.05, 0.1) is 16.4 Å². The van der Waals surface area contributed by atoms with Gasteiger partial charge in [-0.2, -0.15) is 0 Å². The van der Waals surface area contributed by atoms with Crippen LogP contribution in [0.15, 0.2) is 194 Å². The quantitative estimate of drug-likeness (QED) is 0.181. The van der Waals surface area contributed by atoms with E-state index in [9.17, 15) is 0 Å². The fraction of sp³-hybridized carbons (Fsp3) is 0.0192. The molecule has 12 rings (SSSR count). The molecule has 8 aromatic carbocycles. The molecule has 2 aromatic heterocycles. The van der Waals surface area contributed by atoms with Gasteiger partial charge in [0.15, 0.2) is 17.5 Å². The molecule has 5 nitrogen and oxygen atoms in total. The molecule has 57 heavy (non-hydrogen) atoms. The van der Waals surface area contributed by atoms with Crippen LogP contribution in [0.5, 0.6) is 11.5 Å². The first-order valence-electron chi connectivity index (χ1n) is 19.3. The molecule has 0 unspecified atom stereocenters. The minimum Gasteiger partial charge on any atom is -0.457 e. The normalized spacial score (nSPS) is 13.2. The average Bonchev–Trinajstić information content (AvgIpc) is 3.78. The van der Waals surface area contributed by atoms with Crippen molar-refractivity contribution >= 4 is 21.8 Å². The minimum atomic E-state index is -0.588. The standard InChI is InChI=1S/C52H32N4O/c1-4-17-33(18-5-1)49-53-50(34-19-6-2-7-20-34)55-51(54-49)38-24-16-28-43-46(38)37-31-32-42-47(48(37)56(43)35-21-8-3-9-22-35)36-23-10-11-25-39(36)52(42)40-26-12-14-29-44(40)57-45-30-15-13-27-41(45)52/h1-32H. The molecule has 0 atom stereocenters. The van der Waals surface area contributed by atoms with E-state index < -0.39 is 5.41 Å². The summed E-state index contributed by atoms with van der Waals surface area (Å²) in [5.41, 5.74) is 12.7. The summed E-state index contributed by atoms with van der Waals surface area (Å²) in [6.45, 7) is 0. The second-order valence-electron chi connectivity index (χ2n) is 14.7. The monoisotopic (exact) mass is 728 g/mol. The van der Waals surface area contributed by atoms with Crippen LogP contribution in [0.3, 0.4) is 0 Å². The number of hydrogen-bond donors (Lipinski definition) is 0. The van der Waals surface area contributed by atoms with Crippen LogP contribution < -0.4 is 4.74 Å². The number of nitrogens with zero attached hydrogens (tertiary/aromatic N) is 4. The van der Waals surface area contributed by atoms with Gasteiger partial charge in [0.25, 0.3) is 0 Å². The van der Waals surface area contributed by atoms with Crippen LogP contribution in [-0.4, -0.2) is 19.5 Å². The smallest absolute Gasteiger partial charge is 0.164 e. The molecule has 0 saturated heterocycles. The van der Waals surface area contributed by atoms with Crippen LogP contribution in [0, 0.1) is 0 Å². The first-order valence-corrected chi connectivity index (χ1v) is 19.3. The van der Waals surface area contributed by atoms with Gasteiger partial charge in [-0.15, -0.1) is 0 Å². The SMILES string of the molecule is c1ccc(-c2nc(-c3ccccc3)nc(-c3cccc4c3c3ccc5c(c3n4-c3ccccc3)-c3ccccc3C53c4ccccc4Oc4ccccc43)n2)cc1. The Hall–Kier alpha value is -7.63. The summed E-state index contributed by atoms with van der Waals surface area (Å²) in [7, 11) is 0. The molecule has 10 aromatic rings. The van der Waals surface area contributed by atoms with Gasteiger partial charge in [-0.05, 0) is 47.0 Å². The van der Waals surface area contributed by atoms with Crippen molar-refractivity contribution in [3.63, 3.8) is 0 Å². The van der Waals surface area contributed by atoms with E-state index in [-0.39, 0.29) is 0 Å². The fourth-order valence-corrected chi connectivity index (χ4v) is 9.45. The molecule has 1 aliphatic carbocycles. The zero-order chi connectivity index (χ0) is 37.5. The number of hydrogen-bond acceptors (Lipinski definition) is 4. The predicted octanol–water partition coefficient (Wildman–Crippen LogP) is 12.4. The Bertz CT molecular complexity index is 3110. The second-order valence-corrected chi connectivity index (χ2v) is 14.7. The van der Waals surface area contributed by atoms with Crippen LogP contribution >= 0.6 is 0 Å². The van der Waals surface area contributed by atoms with Gasteiger partial charge in [-0.25, -0.2) is 15.0 Å². The van der Waals surface area contributed by atoms with Crippen molar-refractivity contribution in [2.75, 3.05) is 0 Å². The lowest BCUT2D eigenvalue weighted by Crippen LogP contribution is -2.32. The van der Waals surface area contributed by atoms with E-state index in [0.29, 0.717) is 17.5 Å². The molecule has 266 valence electrons. The maximum atomic E-state index is 6.65. The topological polar surface area (TPSA) is 52.8 Å². The molecule has 0 saturated carbocycles. The summed E-state index contributed by atoms with van der Waals surface area (Å²) in [6.07, 6.45) is 0. The lowest BCUT2D eigenvalue weighted by molar-refractivity contribution is 0.436. The molecular weight excluding hydrogens is 697 g/mol. The lowest BCUT2D eigenvalue weighted by Gasteiger charge is -2.39. The second kappa shape index (κ2) is 12.2. The molecule has 1 spiro atoms. The van der Waals surface area contributed by atoms with Crippen molar-refractivity contribution in [2.24, 2.45) is 0 Å². The first-order chi connectivity index (χ1) is 28.3. The lowest BCUT2D eigenvalue weighted by atomic mass is 9.66. The van der Waals surface area contributed by atoms with Crippen LogP contribution in [0.1, 0.15) is 22.3 Å². The summed E-state index contributed by atoms with van der Waals surface area (Å²) in [4.78, 5) is 15.5. The van der Waals surface area contributed by atoms with Crippen LogP contribution in [0.2, 0.25) is 0 Å². The maximum Gasteiger partial charge on any atom is 0.164 e. The highest BCUT2D eigenvalue weighted by molar-refractivity contribution is 6.20. The van der Waals surface area contributed by atoms with Crippen molar-refractivity contribution in [2.45, 2.75) is 5.41 Å². The van der Waals surface area contributed by atoms with E-state index in [4.69, 9.17) is 19.7 Å². The van der Waals surface area contributed by atoms with Gasteiger partial charge >= 0.3 is 0 Å². The fourth-order valence-electron chi connectivity index (χ4n) is 9.45. The Morgan fingerprint density at radius 1 is 0.404 bits per heavy atom. The predicted molar refractivity (Wildman–Crippen MR) is 228 cm³/mol. The molecule has 0 bridgehead atoms. The molecule has 5 heteroatoms. The number of para-hydroxylation sites is 3. The zero-order valence-electron chi connectivity index (χ0n) is 30.7. The average molecular weight is 729 g/mol. The Morgan fingerprint density at radius 2 is 0.930 bits per heavy atom.